The number of allylic oxidation sites excluding steroid dienone is 3. The minimum Gasteiger partial charge on any atom is -0.383 e. The molecule has 8 nitrogen and oxygen atoms in total. The molecule has 0 bridgehead atoms. The van der Waals surface area contributed by atoms with Crippen molar-refractivity contribution in [2.75, 3.05) is 6.54 Å². The molecule has 2 rings (SSSR count). The van der Waals surface area contributed by atoms with Gasteiger partial charge in [0.1, 0.15) is 25.0 Å². The molecular formula is C48H92N2O6. The highest BCUT2D eigenvalue weighted by atomic mass is 16.3. The first-order chi connectivity index (χ1) is 25.9. The van der Waals surface area contributed by atoms with E-state index >= 15 is 0 Å². The number of aliphatic hydroxyl groups excluding tert-OH is 1. The molecule has 1 heterocycles. The Morgan fingerprint density at radius 1 is 0.946 bits per heavy atom. The summed E-state index contributed by atoms with van der Waals surface area (Å²) >= 11 is 0. The normalized spacial score (nSPS) is 14.9. The van der Waals surface area contributed by atoms with E-state index in [9.17, 15) is 19.5 Å². The largest absolute Gasteiger partial charge is 0.383 e. The van der Waals surface area contributed by atoms with Crippen LogP contribution in [0.15, 0.2) is 54.6 Å². The Morgan fingerprint density at radius 3 is 1.61 bits per heavy atom. The fraction of sp³-hybridized carbons (Fsp3) is 0.688. The third-order valence-electron chi connectivity index (χ3n) is 7.31. The number of aliphatic hydroxyl groups is 1. The molecule has 0 saturated carbocycles. The van der Waals surface area contributed by atoms with Gasteiger partial charge in [-0.25, -0.2) is 0 Å². The molecule has 1 aromatic carbocycles. The predicted molar refractivity (Wildman–Crippen MR) is 245 cm³/mol. The van der Waals surface area contributed by atoms with Crippen molar-refractivity contribution in [2.24, 2.45) is 23.0 Å². The maximum Gasteiger partial charge on any atom is 0.252 e. The highest BCUT2D eigenvalue weighted by Crippen LogP contribution is 2.29. The van der Waals surface area contributed by atoms with Gasteiger partial charge in [0.15, 0.2) is 5.78 Å². The Balaban J connectivity index is -0.000000107. The number of rotatable bonds is 9. The number of carbonyl (C=O) groups excluding carboxylic acids is 5. The van der Waals surface area contributed by atoms with Crippen molar-refractivity contribution in [3.8, 4) is 0 Å². The molecule has 1 aliphatic heterocycles. The molecule has 1 aliphatic rings. The van der Waals surface area contributed by atoms with Crippen LogP contribution in [0.4, 0.5) is 0 Å². The third-order valence-corrected chi connectivity index (χ3v) is 7.31. The quantitative estimate of drug-likeness (QED) is 0.188. The van der Waals surface area contributed by atoms with Crippen LogP contribution in [0, 0.1) is 17.3 Å². The van der Waals surface area contributed by atoms with Gasteiger partial charge in [-0.1, -0.05) is 138 Å². The van der Waals surface area contributed by atoms with Crippen molar-refractivity contribution in [2.45, 2.75) is 194 Å². The summed E-state index contributed by atoms with van der Waals surface area (Å²) in [7, 11) is 0. The zero-order valence-corrected chi connectivity index (χ0v) is 40.0. The molecule has 1 aromatic rings. The Labute approximate surface area is 347 Å². The number of ketones is 2. The number of benzene rings is 1. The fourth-order valence-electron chi connectivity index (χ4n) is 4.17. The lowest BCUT2D eigenvalue weighted by molar-refractivity contribution is -0.149. The van der Waals surface area contributed by atoms with Gasteiger partial charge in [-0.15, -0.1) is 6.58 Å². The summed E-state index contributed by atoms with van der Waals surface area (Å²) in [5.41, 5.74) is 7.79. The van der Waals surface area contributed by atoms with E-state index in [-0.39, 0.29) is 35.0 Å². The summed E-state index contributed by atoms with van der Waals surface area (Å²) in [5, 5.41) is 10.00. The van der Waals surface area contributed by atoms with Crippen LogP contribution in [-0.4, -0.2) is 64.8 Å². The minimum atomic E-state index is -1.05. The van der Waals surface area contributed by atoms with E-state index in [1.54, 1.807) is 11.8 Å². The van der Waals surface area contributed by atoms with Crippen molar-refractivity contribution in [3.05, 3.63) is 60.2 Å². The zero-order valence-electron chi connectivity index (χ0n) is 40.0. The maximum atomic E-state index is 12.2. The Kier molecular flexibility index (Phi) is 53.6. The van der Waals surface area contributed by atoms with Crippen molar-refractivity contribution in [1.29, 1.82) is 0 Å². The Hall–Kier alpha value is -3.23. The Morgan fingerprint density at radius 2 is 1.34 bits per heavy atom. The van der Waals surface area contributed by atoms with Crippen LogP contribution >= 0.6 is 0 Å². The fourth-order valence-corrected chi connectivity index (χ4v) is 4.17. The van der Waals surface area contributed by atoms with Crippen molar-refractivity contribution >= 4 is 30.5 Å². The summed E-state index contributed by atoms with van der Waals surface area (Å²) in [5.74, 6) is 0.855. The lowest BCUT2D eigenvalue weighted by atomic mass is 9.88. The number of hydrogen-bond acceptors (Lipinski definition) is 7. The number of likely N-dealkylation sites (tertiary alicyclic amines) is 1. The van der Waals surface area contributed by atoms with Crippen molar-refractivity contribution < 1.29 is 29.1 Å². The zero-order chi connectivity index (χ0) is 46.1. The first-order valence-corrected chi connectivity index (χ1v) is 20.7. The smallest absolute Gasteiger partial charge is 0.252 e. The summed E-state index contributed by atoms with van der Waals surface area (Å²) in [6.45, 7) is 43.1. The van der Waals surface area contributed by atoms with E-state index in [0.717, 1.165) is 37.9 Å². The number of aldehydes is 1. The van der Waals surface area contributed by atoms with Crippen molar-refractivity contribution in [1.82, 2.24) is 4.90 Å². The number of nitrogens with two attached hydrogens (primary N) is 1. The molecular weight excluding hydrogens is 701 g/mol. The standard InChI is InChI=1S/C13H23NO3.C11H20.C8H10.C4H11N.C4H8O.C3H8.C2H4O.C2H6.CH2O/c1-8-6-7-14(10(8)9(2)15)12(17)11(16)13(3,4)5;1-5-7-9-11(4)10(3)8-6-2;1-2-8-6-4-3-5-7-8;1-4(2,3)5;1-3-4(2)5;1-3-2;1-2-3;2*1-2/h8,10-11,16H,6-7H2,1-5H3;5,8,11H,1,6-7,9H2,2-4H3;3-7H,2H2,1H3;5H2,1-3H3;3H2,1-2H3;3H2,1-2H3;2H,1H3;1-2H3;1H2. The number of hydrogen-bond donors (Lipinski definition) is 2. The molecule has 1 amide bonds. The second-order valence-electron chi connectivity index (χ2n) is 15.4. The Bertz CT molecular complexity index is 1080. The number of nitrogens with zero attached hydrogens (tertiary/aromatic N) is 1. The summed E-state index contributed by atoms with van der Waals surface area (Å²) in [4.78, 5) is 51.9. The third kappa shape index (κ3) is 48.8. The molecule has 1 saturated heterocycles. The first-order valence-electron chi connectivity index (χ1n) is 20.7. The van der Waals surface area contributed by atoms with E-state index in [4.69, 9.17) is 15.3 Å². The average molecular weight is 793 g/mol. The van der Waals surface area contributed by atoms with E-state index < -0.39 is 11.5 Å². The van der Waals surface area contributed by atoms with E-state index in [2.05, 4.69) is 78.5 Å². The maximum absolute atomic E-state index is 12.2. The molecule has 0 spiro atoms. The van der Waals surface area contributed by atoms with E-state index in [1.165, 1.54) is 37.8 Å². The predicted octanol–water partition coefficient (Wildman–Crippen LogP) is 11.6. The van der Waals surface area contributed by atoms with Crippen molar-refractivity contribution in [3.63, 3.8) is 0 Å². The van der Waals surface area contributed by atoms with Gasteiger partial charge in [-0.05, 0) is 103 Å². The number of carbonyl (C=O) groups is 5. The summed E-state index contributed by atoms with van der Waals surface area (Å²) in [6.07, 6.45) is 11.4. The van der Waals surface area contributed by atoms with Crippen LogP contribution in [0.2, 0.25) is 0 Å². The van der Waals surface area contributed by atoms with Crippen LogP contribution in [0.1, 0.15) is 176 Å². The van der Waals surface area contributed by atoms with Gasteiger partial charge < -0.3 is 30.1 Å². The van der Waals surface area contributed by atoms with Gasteiger partial charge in [0.2, 0.25) is 0 Å². The van der Waals surface area contributed by atoms with Gasteiger partial charge in [0.05, 0.1) is 6.04 Å². The number of amides is 1. The van der Waals surface area contributed by atoms with E-state index in [0.29, 0.717) is 13.0 Å². The molecule has 56 heavy (non-hydrogen) atoms. The molecule has 0 aromatic heterocycles. The first kappa shape index (κ1) is 67.5. The molecule has 8 heteroatoms. The minimum absolute atomic E-state index is 0. The lowest BCUT2D eigenvalue weighted by Crippen LogP contribution is -2.50. The topological polar surface area (TPSA) is 135 Å². The second-order valence-corrected chi connectivity index (χ2v) is 15.4. The highest BCUT2D eigenvalue weighted by Gasteiger charge is 2.42. The van der Waals surface area contributed by atoms with Gasteiger partial charge >= 0.3 is 0 Å². The summed E-state index contributed by atoms with van der Waals surface area (Å²) < 4.78 is 0. The SMILES string of the molecule is C=CCCC(C)C(C)=CCC.C=O.CC.CC(=O)C1C(C)CCN1C(=O)C(O)C(C)(C)C.CC(C)(C)N.CC=O.CCC.CCC(C)=O.CCc1ccccc1. The monoisotopic (exact) mass is 793 g/mol. The number of Topliss-reactive ketones (excluding diaryl/α,β-unsaturated/α-hetero) is 2. The van der Waals surface area contributed by atoms with Crippen LogP contribution < -0.4 is 5.73 Å². The molecule has 0 radical (unpaired) electrons. The molecule has 330 valence electrons. The summed E-state index contributed by atoms with van der Waals surface area (Å²) in [6, 6.07) is 10.1. The van der Waals surface area contributed by atoms with Crippen LogP contribution in [0.3, 0.4) is 0 Å². The molecule has 4 unspecified atom stereocenters. The second kappa shape index (κ2) is 44.5. The van der Waals surface area contributed by atoms with Gasteiger partial charge in [-0.3, -0.25) is 9.59 Å². The molecule has 4 atom stereocenters. The van der Waals surface area contributed by atoms with Gasteiger partial charge in [0.25, 0.3) is 5.91 Å². The van der Waals surface area contributed by atoms with Crippen LogP contribution in [0.25, 0.3) is 0 Å². The van der Waals surface area contributed by atoms with Gasteiger partial charge in [0, 0.05) is 18.5 Å². The average Bonchev–Trinajstić information content (AvgIpc) is 3.54. The van der Waals surface area contributed by atoms with Crippen LogP contribution in [0.5, 0.6) is 0 Å². The number of aryl methyl sites for hydroxylation is 1. The highest BCUT2D eigenvalue weighted by molar-refractivity contribution is 5.90. The van der Waals surface area contributed by atoms with Crippen LogP contribution in [-0.2, 0) is 30.4 Å². The van der Waals surface area contributed by atoms with E-state index in [1.807, 2.05) is 88.2 Å². The molecule has 3 N–H and O–H groups in total. The molecule has 0 aliphatic carbocycles. The molecule has 1 fully saturated rings. The van der Waals surface area contributed by atoms with Gasteiger partial charge in [-0.2, -0.15) is 0 Å². The lowest BCUT2D eigenvalue weighted by Gasteiger charge is -2.32.